The SMILES string of the molecule is NC(=O)c1ccc(NC(=O)c2cncc(-c3cccnc3)n2)cc1. The normalized spacial score (nSPS) is 10.2. The number of nitrogens with two attached hydrogens (primary N) is 1. The van der Waals surface area contributed by atoms with Crippen LogP contribution in [0.15, 0.2) is 61.2 Å². The molecule has 7 heteroatoms. The molecule has 24 heavy (non-hydrogen) atoms. The Labute approximate surface area is 137 Å². The van der Waals surface area contributed by atoms with Gasteiger partial charge in [0.2, 0.25) is 5.91 Å². The number of primary amides is 1. The molecule has 2 aromatic heterocycles. The molecule has 0 saturated heterocycles. The second-order valence-corrected chi connectivity index (χ2v) is 4.93. The molecule has 3 rings (SSSR count). The molecule has 0 unspecified atom stereocenters. The van der Waals surface area contributed by atoms with Gasteiger partial charge in [-0.2, -0.15) is 0 Å². The molecule has 0 spiro atoms. The third kappa shape index (κ3) is 3.41. The lowest BCUT2D eigenvalue weighted by molar-refractivity contribution is 0.0998. The number of anilines is 1. The summed E-state index contributed by atoms with van der Waals surface area (Å²) in [5.41, 5.74) is 7.57. The Balaban J connectivity index is 1.79. The van der Waals surface area contributed by atoms with E-state index < -0.39 is 11.8 Å². The summed E-state index contributed by atoms with van der Waals surface area (Å²) in [6.45, 7) is 0. The number of benzene rings is 1. The third-order valence-electron chi connectivity index (χ3n) is 3.25. The predicted molar refractivity (Wildman–Crippen MR) is 88.2 cm³/mol. The van der Waals surface area contributed by atoms with E-state index in [9.17, 15) is 9.59 Å². The van der Waals surface area contributed by atoms with Crippen LogP contribution in [0.5, 0.6) is 0 Å². The predicted octanol–water partition coefficient (Wildman–Crippen LogP) is 1.89. The molecule has 7 nitrogen and oxygen atoms in total. The van der Waals surface area contributed by atoms with Crippen molar-refractivity contribution >= 4 is 17.5 Å². The number of nitrogens with one attached hydrogen (secondary N) is 1. The molecule has 3 N–H and O–H groups in total. The monoisotopic (exact) mass is 319 g/mol. The smallest absolute Gasteiger partial charge is 0.275 e. The van der Waals surface area contributed by atoms with Crippen LogP contribution in [0.4, 0.5) is 5.69 Å². The van der Waals surface area contributed by atoms with Gasteiger partial charge in [-0.15, -0.1) is 0 Å². The minimum absolute atomic E-state index is 0.176. The van der Waals surface area contributed by atoms with Crippen molar-refractivity contribution in [1.82, 2.24) is 15.0 Å². The lowest BCUT2D eigenvalue weighted by Crippen LogP contribution is -2.15. The average Bonchev–Trinajstić information content (AvgIpc) is 2.63. The zero-order chi connectivity index (χ0) is 16.9. The first-order valence-electron chi connectivity index (χ1n) is 7.07. The van der Waals surface area contributed by atoms with Crippen LogP contribution in [0.3, 0.4) is 0 Å². The summed E-state index contributed by atoms with van der Waals surface area (Å²) in [6.07, 6.45) is 6.25. The molecule has 0 radical (unpaired) electrons. The number of rotatable bonds is 4. The van der Waals surface area contributed by atoms with E-state index in [1.165, 1.54) is 18.3 Å². The van der Waals surface area contributed by atoms with Crippen LogP contribution < -0.4 is 11.1 Å². The van der Waals surface area contributed by atoms with Crippen molar-refractivity contribution in [1.29, 1.82) is 0 Å². The van der Waals surface area contributed by atoms with Crippen LogP contribution in [-0.2, 0) is 0 Å². The van der Waals surface area contributed by atoms with E-state index in [4.69, 9.17) is 5.73 Å². The molecule has 1 aromatic carbocycles. The number of nitrogens with zero attached hydrogens (tertiary/aromatic N) is 3. The van der Waals surface area contributed by atoms with Crippen LogP contribution in [0.25, 0.3) is 11.3 Å². The van der Waals surface area contributed by atoms with E-state index in [-0.39, 0.29) is 5.69 Å². The van der Waals surface area contributed by atoms with Crippen molar-refractivity contribution in [2.75, 3.05) is 5.32 Å². The molecule has 0 bridgehead atoms. The molecule has 0 aliphatic rings. The fourth-order valence-corrected chi connectivity index (χ4v) is 2.04. The van der Waals surface area contributed by atoms with Gasteiger partial charge in [-0.3, -0.25) is 19.6 Å². The second kappa shape index (κ2) is 6.66. The molecular weight excluding hydrogens is 306 g/mol. The minimum atomic E-state index is -0.525. The summed E-state index contributed by atoms with van der Waals surface area (Å²) in [5, 5.41) is 2.69. The highest BCUT2D eigenvalue weighted by Gasteiger charge is 2.11. The molecule has 0 atom stereocenters. The number of pyridine rings is 1. The average molecular weight is 319 g/mol. The number of carbonyl (C=O) groups excluding carboxylic acids is 2. The van der Waals surface area contributed by atoms with E-state index in [2.05, 4.69) is 20.3 Å². The van der Waals surface area contributed by atoms with Gasteiger partial charge in [-0.25, -0.2) is 4.98 Å². The highest BCUT2D eigenvalue weighted by molar-refractivity contribution is 6.03. The second-order valence-electron chi connectivity index (χ2n) is 4.93. The van der Waals surface area contributed by atoms with Gasteiger partial charge in [0.1, 0.15) is 5.69 Å². The number of amides is 2. The standard InChI is InChI=1S/C17H13N5O2/c18-16(23)11-3-5-13(6-4-11)21-17(24)15-10-20-9-14(22-15)12-2-1-7-19-8-12/h1-10H,(H2,18,23)(H,21,24). The van der Waals surface area contributed by atoms with Gasteiger partial charge in [0.05, 0.1) is 18.1 Å². The van der Waals surface area contributed by atoms with Crippen molar-refractivity contribution in [3.05, 3.63) is 72.4 Å². The van der Waals surface area contributed by atoms with E-state index in [0.29, 0.717) is 16.9 Å². The van der Waals surface area contributed by atoms with Crippen molar-refractivity contribution in [3.63, 3.8) is 0 Å². The van der Waals surface area contributed by atoms with Crippen LogP contribution in [0, 0.1) is 0 Å². The first-order valence-corrected chi connectivity index (χ1v) is 7.07. The summed E-state index contributed by atoms with van der Waals surface area (Å²) in [4.78, 5) is 35.7. The molecular formula is C17H13N5O2. The summed E-state index contributed by atoms with van der Waals surface area (Å²) >= 11 is 0. The molecule has 0 aliphatic carbocycles. The maximum Gasteiger partial charge on any atom is 0.275 e. The number of hydrogen-bond acceptors (Lipinski definition) is 5. The van der Waals surface area contributed by atoms with Gasteiger partial charge in [-0.1, -0.05) is 0 Å². The van der Waals surface area contributed by atoms with Crippen molar-refractivity contribution in [3.8, 4) is 11.3 Å². The van der Waals surface area contributed by atoms with Crippen molar-refractivity contribution < 1.29 is 9.59 Å². The molecule has 0 saturated carbocycles. The van der Waals surface area contributed by atoms with E-state index in [1.807, 2.05) is 6.07 Å². The maximum atomic E-state index is 12.3. The van der Waals surface area contributed by atoms with Crippen LogP contribution in [0.1, 0.15) is 20.8 Å². The minimum Gasteiger partial charge on any atom is -0.366 e. The molecule has 0 aliphatic heterocycles. The first kappa shape index (κ1) is 15.3. The zero-order valence-corrected chi connectivity index (χ0v) is 12.5. The quantitative estimate of drug-likeness (QED) is 0.763. The molecule has 2 heterocycles. The molecule has 118 valence electrons. The highest BCUT2D eigenvalue weighted by atomic mass is 16.2. The maximum absolute atomic E-state index is 12.3. The van der Waals surface area contributed by atoms with Gasteiger partial charge in [-0.05, 0) is 36.4 Å². The van der Waals surface area contributed by atoms with E-state index in [0.717, 1.165) is 5.56 Å². The van der Waals surface area contributed by atoms with Gasteiger partial charge < -0.3 is 11.1 Å². The van der Waals surface area contributed by atoms with E-state index in [1.54, 1.807) is 36.8 Å². The zero-order valence-electron chi connectivity index (χ0n) is 12.5. The Bertz CT molecular complexity index is 879. The molecule has 2 amide bonds. The summed E-state index contributed by atoms with van der Waals surface area (Å²) in [7, 11) is 0. The Morgan fingerprint density at radius 3 is 2.42 bits per heavy atom. The molecule has 3 aromatic rings. The lowest BCUT2D eigenvalue weighted by Gasteiger charge is -2.06. The Morgan fingerprint density at radius 1 is 0.958 bits per heavy atom. The number of aromatic nitrogens is 3. The third-order valence-corrected chi connectivity index (χ3v) is 3.25. The summed E-state index contributed by atoms with van der Waals surface area (Å²) in [5.74, 6) is -0.928. The fraction of sp³-hybridized carbons (Fsp3) is 0. The lowest BCUT2D eigenvalue weighted by atomic mass is 10.2. The van der Waals surface area contributed by atoms with Gasteiger partial charge in [0, 0.05) is 29.2 Å². The van der Waals surface area contributed by atoms with Crippen LogP contribution >= 0.6 is 0 Å². The highest BCUT2D eigenvalue weighted by Crippen LogP contribution is 2.15. The number of hydrogen-bond donors (Lipinski definition) is 2. The Kier molecular flexibility index (Phi) is 4.24. The van der Waals surface area contributed by atoms with Gasteiger partial charge in [0.25, 0.3) is 5.91 Å². The van der Waals surface area contributed by atoms with Gasteiger partial charge in [0.15, 0.2) is 0 Å². The largest absolute Gasteiger partial charge is 0.366 e. The van der Waals surface area contributed by atoms with Crippen molar-refractivity contribution in [2.45, 2.75) is 0 Å². The summed E-state index contributed by atoms with van der Waals surface area (Å²) < 4.78 is 0. The Hall–Kier alpha value is -3.61. The van der Waals surface area contributed by atoms with Crippen molar-refractivity contribution in [2.24, 2.45) is 5.73 Å². The summed E-state index contributed by atoms with van der Waals surface area (Å²) in [6, 6.07) is 9.88. The first-order chi connectivity index (χ1) is 11.6. The van der Waals surface area contributed by atoms with E-state index >= 15 is 0 Å². The topological polar surface area (TPSA) is 111 Å². The van der Waals surface area contributed by atoms with Gasteiger partial charge >= 0.3 is 0 Å². The van der Waals surface area contributed by atoms with Crippen LogP contribution in [-0.4, -0.2) is 26.8 Å². The Morgan fingerprint density at radius 2 is 1.75 bits per heavy atom. The number of carbonyl (C=O) groups is 2. The fourth-order valence-electron chi connectivity index (χ4n) is 2.04. The van der Waals surface area contributed by atoms with Crippen LogP contribution in [0.2, 0.25) is 0 Å². The molecule has 0 fully saturated rings.